The average molecular weight is 408 g/mol. The number of nitrogens with one attached hydrogen (secondary N) is 1. The van der Waals surface area contributed by atoms with Crippen molar-refractivity contribution in [1.82, 2.24) is 5.32 Å². The van der Waals surface area contributed by atoms with E-state index in [0.717, 1.165) is 0 Å². The molecule has 0 saturated carbocycles. The minimum Gasteiger partial charge on any atom is -0.349 e. The van der Waals surface area contributed by atoms with Crippen molar-refractivity contribution in [3.8, 4) is 0 Å². The van der Waals surface area contributed by atoms with Crippen LogP contribution in [0.1, 0.15) is 23.2 Å². The molecule has 1 aliphatic heterocycles. The van der Waals surface area contributed by atoms with Crippen molar-refractivity contribution in [2.24, 2.45) is 0 Å². The van der Waals surface area contributed by atoms with E-state index >= 15 is 0 Å². The van der Waals surface area contributed by atoms with Gasteiger partial charge in [0.05, 0.1) is 10.5 Å². The Morgan fingerprint density at radius 2 is 2.05 bits per heavy atom. The largest absolute Gasteiger partial charge is 0.349 e. The van der Waals surface area contributed by atoms with Gasteiger partial charge in [-0.15, -0.1) is 0 Å². The van der Waals surface area contributed by atoms with Gasteiger partial charge in [0.15, 0.2) is 0 Å². The number of nitro benzene ring substituents is 1. The zero-order valence-corrected chi connectivity index (χ0v) is 13.5. The molecule has 1 aromatic carbocycles. The van der Waals surface area contributed by atoms with E-state index in [0.29, 0.717) is 33.5 Å². The monoisotopic (exact) mass is 408 g/mol. The van der Waals surface area contributed by atoms with Gasteiger partial charge in [-0.1, -0.05) is 0 Å². The van der Waals surface area contributed by atoms with Crippen LogP contribution in [0.4, 0.5) is 5.69 Å². The Morgan fingerprint density at radius 1 is 1.40 bits per heavy atom. The van der Waals surface area contributed by atoms with E-state index in [1.165, 1.54) is 12.1 Å². The van der Waals surface area contributed by atoms with Crippen LogP contribution in [0, 0.1) is 13.7 Å². The van der Waals surface area contributed by atoms with Crippen LogP contribution < -0.4 is 5.32 Å². The van der Waals surface area contributed by atoms with Crippen LogP contribution in [-0.2, 0) is 10.8 Å². The Labute approximate surface area is 132 Å². The van der Waals surface area contributed by atoms with Crippen molar-refractivity contribution >= 4 is 45.0 Å². The topological polar surface area (TPSA) is 89.3 Å². The van der Waals surface area contributed by atoms with E-state index in [1.54, 1.807) is 6.07 Å². The van der Waals surface area contributed by atoms with E-state index in [9.17, 15) is 19.1 Å². The molecule has 1 fully saturated rings. The number of nitrogens with zero attached hydrogens (tertiary/aromatic N) is 1. The predicted molar refractivity (Wildman–Crippen MR) is 84.2 cm³/mol. The molecule has 1 aromatic rings. The Hall–Kier alpha value is -1.03. The van der Waals surface area contributed by atoms with Crippen LogP contribution in [0.3, 0.4) is 0 Å². The number of non-ortho nitro benzene ring substituents is 1. The number of benzene rings is 1. The second kappa shape index (κ2) is 6.61. The van der Waals surface area contributed by atoms with E-state index in [4.69, 9.17) is 0 Å². The van der Waals surface area contributed by atoms with Gasteiger partial charge in [-0.05, 0) is 41.5 Å². The zero-order chi connectivity index (χ0) is 14.7. The van der Waals surface area contributed by atoms with Gasteiger partial charge in [-0.3, -0.25) is 19.1 Å². The van der Waals surface area contributed by atoms with Gasteiger partial charge in [0.25, 0.3) is 11.6 Å². The van der Waals surface area contributed by atoms with E-state index in [1.807, 2.05) is 22.6 Å². The van der Waals surface area contributed by atoms with E-state index < -0.39 is 15.7 Å². The lowest BCUT2D eigenvalue weighted by atomic mass is 10.1. The van der Waals surface area contributed by atoms with Gasteiger partial charge >= 0.3 is 0 Å². The molecule has 8 heteroatoms. The first-order chi connectivity index (χ1) is 9.47. The molecule has 1 heterocycles. The molecule has 1 saturated heterocycles. The summed E-state index contributed by atoms with van der Waals surface area (Å²) in [5.41, 5.74) is 0.215. The van der Waals surface area contributed by atoms with Crippen molar-refractivity contribution in [3.05, 3.63) is 37.4 Å². The second-order valence-corrected chi connectivity index (χ2v) is 7.38. The second-order valence-electron chi connectivity index (χ2n) is 4.52. The van der Waals surface area contributed by atoms with Crippen LogP contribution in [-0.4, -0.2) is 32.6 Å². The number of hydrogen-bond acceptors (Lipinski definition) is 4. The third kappa shape index (κ3) is 3.75. The Balaban J connectivity index is 2.10. The summed E-state index contributed by atoms with van der Waals surface area (Å²) in [5.74, 6) is 0.879. The average Bonchev–Trinajstić information content (AvgIpc) is 2.41. The summed E-state index contributed by atoms with van der Waals surface area (Å²) in [5, 5.41) is 13.6. The first-order valence-electron chi connectivity index (χ1n) is 6.07. The molecule has 1 aliphatic rings. The number of nitro groups is 1. The highest BCUT2D eigenvalue weighted by Gasteiger charge is 2.22. The molecule has 0 unspecified atom stereocenters. The Bertz CT molecular complexity index is 569. The molecule has 2 rings (SSSR count). The Kier molecular flexibility index (Phi) is 5.08. The number of amides is 1. The molecule has 0 spiro atoms. The number of carbonyl (C=O) groups is 1. The molecule has 1 N–H and O–H groups in total. The van der Waals surface area contributed by atoms with Crippen LogP contribution >= 0.6 is 22.6 Å². The minimum absolute atomic E-state index is 0.00439. The molecule has 6 nitrogen and oxygen atoms in total. The summed E-state index contributed by atoms with van der Waals surface area (Å²) in [6.07, 6.45) is 1.37. The standard InChI is InChI=1S/C12H13IN2O4S/c13-11-2-1-9(15(17)18)7-10(11)12(16)14-8-3-5-20(19)6-4-8/h1-2,7-8H,3-6H2,(H,14,16). The van der Waals surface area contributed by atoms with Crippen molar-refractivity contribution in [3.63, 3.8) is 0 Å². The molecule has 108 valence electrons. The van der Waals surface area contributed by atoms with Crippen molar-refractivity contribution in [1.29, 1.82) is 0 Å². The third-order valence-electron chi connectivity index (χ3n) is 3.13. The summed E-state index contributed by atoms with van der Waals surface area (Å²) in [6.45, 7) is 0. The fraction of sp³-hybridized carbons (Fsp3) is 0.417. The normalized spacial score (nSPS) is 22.2. The van der Waals surface area contributed by atoms with Gasteiger partial charge in [-0.2, -0.15) is 0 Å². The maximum atomic E-state index is 12.2. The lowest BCUT2D eigenvalue weighted by Gasteiger charge is -2.22. The first kappa shape index (κ1) is 15.4. The first-order valence-corrected chi connectivity index (χ1v) is 8.64. The Morgan fingerprint density at radius 3 is 2.65 bits per heavy atom. The van der Waals surface area contributed by atoms with Gasteiger partial charge in [-0.25, -0.2) is 0 Å². The van der Waals surface area contributed by atoms with Gasteiger partial charge in [0, 0.05) is 44.1 Å². The molecule has 0 bridgehead atoms. The molecule has 0 atom stereocenters. The number of halogens is 1. The van der Waals surface area contributed by atoms with Gasteiger partial charge in [0.1, 0.15) is 0 Å². The summed E-state index contributed by atoms with van der Waals surface area (Å²) in [7, 11) is -0.777. The van der Waals surface area contributed by atoms with Gasteiger partial charge < -0.3 is 5.32 Å². The van der Waals surface area contributed by atoms with Crippen LogP contribution in [0.2, 0.25) is 0 Å². The fourth-order valence-corrected chi connectivity index (χ4v) is 3.88. The van der Waals surface area contributed by atoms with Gasteiger partial charge in [0.2, 0.25) is 0 Å². The summed E-state index contributed by atoms with van der Waals surface area (Å²) < 4.78 is 11.9. The highest BCUT2D eigenvalue weighted by atomic mass is 127. The van der Waals surface area contributed by atoms with Crippen LogP contribution in [0.25, 0.3) is 0 Å². The van der Waals surface area contributed by atoms with Crippen molar-refractivity contribution in [2.45, 2.75) is 18.9 Å². The molecule has 0 aliphatic carbocycles. The molecular formula is C12H13IN2O4S. The summed E-state index contributed by atoms with van der Waals surface area (Å²) in [6, 6.07) is 4.22. The van der Waals surface area contributed by atoms with Crippen LogP contribution in [0.15, 0.2) is 18.2 Å². The SMILES string of the molecule is O=C(NC1CCS(=O)CC1)c1cc([N+](=O)[O-])ccc1I. The predicted octanol–water partition coefficient (Wildman–Crippen LogP) is 1.84. The number of carbonyl (C=O) groups excluding carboxylic acids is 1. The van der Waals surface area contributed by atoms with Crippen LogP contribution in [0.5, 0.6) is 0 Å². The molecule has 0 aromatic heterocycles. The maximum Gasteiger partial charge on any atom is 0.270 e. The lowest BCUT2D eigenvalue weighted by Crippen LogP contribution is -2.39. The molecular weight excluding hydrogens is 395 g/mol. The maximum absolute atomic E-state index is 12.2. The number of hydrogen-bond donors (Lipinski definition) is 1. The highest BCUT2D eigenvalue weighted by molar-refractivity contribution is 14.1. The molecule has 1 amide bonds. The lowest BCUT2D eigenvalue weighted by molar-refractivity contribution is -0.384. The quantitative estimate of drug-likeness (QED) is 0.470. The zero-order valence-electron chi connectivity index (χ0n) is 10.5. The molecule has 20 heavy (non-hydrogen) atoms. The fourth-order valence-electron chi connectivity index (χ4n) is 2.00. The molecule has 0 radical (unpaired) electrons. The van der Waals surface area contributed by atoms with Crippen molar-refractivity contribution in [2.75, 3.05) is 11.5 Å². The van der Waals surface area contributed by atoms with E-state index in [2.05, 4.69) is 5.32 Å². The van der Waals surface area contributed by atoms with Crippen molar-refractivity contribution < 1.29 is 13.9 Å². The summed E-state index contributed by atoms with van der Waals surface area (Å²) >= 11 is 1.98. The van der Waals surface area contributed by atoms with E-state index in [-0.39, 0.29) is 17.6 Å². The number of rotatable bonds is 3. The highest BCUT2D eigenvalue weighted by Crippen LogP contribution is 2.20. The smallest absolute Gasteiger partial charge is 0.270 e. The third-order valence-corrected chi connectivity index (χ3v) is 5.45. The minimum atomic E-state index is -0.777. The summed E-state index contributed by atoms with van der Waals surface area (Å²) in [4.78, 5) is 22.4.